The van der Waals surface area contributed by atoms with Crippen molar-refractivity contribution in [2.24, 2.45) is 0 Å². The SMILES string of the molecule is CC(C)(C)N1CCC(n2cc([C@@H](Nc3cc(Cl)c4ncc(C#N)c(Nc5ccc(F)c(Cl)c5)c4c3)c3cccc4c3CNC4)nn2)CC1.N#Cc1cnc2ccccc2c1. The molecule has 4 aromatic carbocycles. The van der Waals surface area contributed by atoms with E-state index in [-0.39, 0.29) is 22.6 Å². The van der Waals surface area contributed by atoms with Crippen LogP contribution in [0.25, 0.3) is 21.8 Å². The summed E-state index contributed by atoms with van der Waals surface area (Å²) in [5.74, 6) is -0.530. The Morgan fingerprint density at radius 3 is 2.45 bits per heavy atom. The third-order valence-corrected chi connectivity index (χ3v) is 11.7. The zero-order valence-electron chi connectivity index (χ0n) is 33.3. The number of nitriles is 2. The Kier molecular flexibility index (Phi) is 11.7. The number of piperidine rings is 1. The highest BCUT2D eigenvalue weighted by Gasteiger charge is 2.30. The second-order valence-electron chi connectivity index (χ2n) is 16.0. The molecule has 7 aromatic rings. The highest BCUT2D eigenvalue weighted by Crippen LogP contribution is 2.39. The Hall–Kier alpha value is -6.15. The van der Waals surface area contributed by atoms with Gasteiger partial charge in [-0.25, -0.2) is 9.07 Å². The van der Waals surface area contributed by atoms with Crippen molar-refractivity contribution >= 4 is 62.1 Å². The molecule has 3 aromatic heterocycles. The minimum Gasteiger partial charge on any atom is -0.373 e. The van der Waals surface area contributed by atoms with Gasteiger partial charge in [-0.3, -0.25) is 14.9 Å². The molecular weight excluding hydrogens is 796 g/mol. The van der Waals surface area contributed by atoms with E-state index in [1.165, 1.54) is 29.5 Å². The third-order valence-electron chi connectivity index (χ3n) is 11.1. The van der Waals surface area contributed by atoms with Crippen molar-refractivity contribution in [1.82, 2.24) is 35.2 Å². The molecule has 9 rings (SSSR count). The van der Waals surface area contributed by atoms with Crippen LogP contribution < -0.4 is 16.0 Å². The van der Waals surface area contributed by atoms with Crippen LogP contribution in [0, 0.1) is 28.5 Å². The Morgan fingerprint density at radius 2 is 1.68 bits per heavy atom. The van der Waals surface area contributed by atoms with E-state index in [1.807, 2.05) is 47.1 Å². The van der Waals surface area contributed by atoms with Gasteiger partial charge in [-0.05, 0) is 92.8 Å². The fourth-order valence-electron chi connectivity index (χ4n) is 7.92. The maximum atomic E-state index is 13.9. The number of benzene rings is 4. The fraction of sp³-hybridized carbons (Fsp3) is 0.261. The molecule has 0 unspecified atom stereocenters. The number of likely N-dealkylation sites (tertiary alicyclic amines) is 1. The van der Waals surface area contributed by atoms with Gasteiger partial charge < -0.3 is 16.0 Å². The van der Waals surface area contributed by atoms with Gasteiger partial charge in [0.15, 0.2) is 0 Å². The van der Waals surface area contributed by atoms with Gasteiger partial charge >= 0.3 is 0 Å². The molecule has 0 aliphatic carbocycles. The summed E-state index contributed by atoms with van der Waals surface area (Å²) in [6.45, 7) is 10.4. The number of anilines is 3. The van der Waals surface area contributed by atoms with E-state index in [9.17, 15) is 9.65 Å². The molecule has 2 aliphatic rings. The predicted molar refractivity (Wildman–Crippen MR) is 235 cm³/mol. The molecule has 0 saturated carbocycles. The van der Waals surface area contributed by atoms with Crippen LogP contribution in [0.3, 0.4) is 0 Å². The second kappa shape index (κ2) is 17.2. The van der Waals surface area contributed by atoms with E-state index >= 15 is 0 Å². The molecule has 5 heterocycles. The summed E-state index contributed by atoms with van der Waals surface area (Å²) >= 11 is 12.9. The summed E-state index contributed by atoms with van der Waals surface area (Å²) < 4.78 is 16.0. The lowest BCUT2D eigenvalue weighted by Gasteiger charge is -2.40. The zero-order chi connectivity index (χ0) is 42.0. The van der Waals surface area contributed by atoms with Crippen molar-refractivity contribution in [2.75, 3.05) is 23.7 Å². The number of fused-ring (bicyclic) bond motifs is 3. The molecule has 2 aliphatic heterocycles. The largest absolute Gasteiger partial charge is 0.373 e. The molecule has 1 fully saturated rings. The number of pyridine rings is 2. The first-order valence-electron chi connectivity index (χ1n) is 19.7. The number of hydrogen-bond acceptors (Lipinski definition) is 10. The number of aromatic nitrogens is 5. The number of hydrogen-bond donors (Lipinski definition) is 3. The molecule has 11 nitrogen and oxygen atoms in total. The van der Waals surface area contributed by atoms with E-state index in [0.717, 1.165) is 61.2 Å². The van der Waals surface area contributed by atoms with Crippen LogP contribution in [0.4, 0.5) is 21.5 Å². The average Bonchev–Trinajstić information content (AvgIpc) is 3.95. The number of nitrogens with one attached hydrogen (secondary N) is 3. The maximum Gasteiger partial charge on any atom is 0.141 e. The van der Waals surface area contributed by atoms with E-state index < -0.39 is 5.82 Å². The van der Waals surface area contributed by atoms with Crippen LogP contribution in [-0.4, -0.2) is 48.5 Å². The fourth-order valence-corrected chi connectivity index (χ4v) is 8.37. The van der Waals surface area contributed by atoms with Gasteiger partial charge in [0.05, 0.1) is 56.2 Å². The lowest BCUT2D eigenvalue weighted by molar-refractivity contribution is 0.0866. The molecule has 1 saturated heterocycles. The van der Waals surface area contributed by atoms with Gasteiger partial charge in [0, 0.05) is 66.3 Å². The van der Waals surface area contributed by atoms with Crippen LogP contribution in [0.1, 0.15) is 79.2 Å². The van der Waals surface area contributed by atoms with E-state index in [4.69, 9.17) is 33.6 Å². The lowest BCUT2D eigenvalue weighted by Crippen LogP contribution is -2.46. The van der Waals surface area contributed by atoms with Crippen LogP contribution in [-0.2, 0) is 13.1 Å². The van der Waals surface area contributed by atoms with Crippen LogP contribution >= 0.6 is 23.2 Å². The topological polar surface area (TPSA) is 143 Å². The van der Waals surface area contributed by atoms with Crippen molar-refractivity contribution in [2.45, 2.75) is 64.3 Å². The molecule has 302 valence electrons. The summed E-state index contributed by atoms with van der Waals surface area (Å²) in [6, 6.07) is 28.2. The first-order valence-corrected chi connectivity index (χ1v) is 20.5. The summed E-state index contributed by atoms with van der Waals surface area (Å²) in [7, 11) is 0. The molecule has 0 spiro atoms. The Labute approximate surface area is 357 Å². The second-order valence-corrected chi connectivity index (χ2v) is 16.8. The summed E-state index contributed by atoms with van der Waals surface area (Å²) in [5, 5.41) is 40.4. The van der Waals surface area contributed by atoms with Gasteiger partial charge in [-0.1, -0.05) is 64.8 Å². The van der Waals surface area contributed by atoms with Crippen molar-refractivity contribution in [3.63, 3.8) is 0 Å². The average molecular weight is 839 g/mol. The summed E-state index contributed by atoms with van der Waals surface area (Å²) in [5.41, 5.74) is 8.62. The monoisotopic (exact) mass is 837 g/mol. The highest BCUT2D eigenvalue weighted by molar-refractivity contribution is 6.36. The van der Waals surface area contributed by atoms with Gasteiger partial charge in [-0.2, -0.15) is 10.5 Å². The highest BCUT2D eigenvalue weighted by atomic mass is 35.5. The quantitative estimate of drug-likeness (QED) is 0.142. The van der Waals surface area contributed by atoms with Gasteiger partial charge in [0.25, 0.3) is 0 Å². The Bertz CT molecular complexity index is 2800. The molecule has 0 amide bonds. The standard InChI is InChI=1S/C36H36Cl2FN9.C10H6N2/c1-36(2,3)47-11-9-25(10-12-47)48-20-32(45-46-48)35(26-6-4-5-21-17-41-19-28(21)26)44-24-13-27-33(43-23-7-8-31(39)29(37)14-23)22(16-40)18-42-34(27)30(38)15-24;11-6-8-5-9-3-1-2-4-10(9)12-7-8/h4-8,13-15,18,20,25,35,41,44H,9-12,17,19H2,1-3H3,(H,42,43);1-5,7H/t35-;/m0./s1. The molecule has 60 heavy (non-hydrogen) atoms. The molecule has 1 atom stereocenters. The Morgan fingerprint density at radius 1 is 0.883 bits per heavy atom. The number of rotatable bonds is 7. The minimum absolute atomic E-state index is 0.0298. The van der Waals surface area contributed by atoms with Crippen LogP contribution in [0.5, 0.6) is 0 Å². The van der Waals surface area contributed by atoms with Crippen LogP contribution in [0.15, 0.2) is 97.5 Å². The maximum absolute atomic E-state index is 13.9. The summed E-state index contributed by atoms with van der Waals surface area (Å²) in [6.07, 6.45) is 7.14. The van der Waals surface area contributed by atoms with Gasteiger partial charge in [0.2, 0.25) is 0 Å². The van der Waals surface area contributed by atoms with E-state index in [1.54, 1.807) is 12.3 Å². The summed E-state index contributed by atoms with van der Waals surface area (Å²) in [4.78, 5) is 11.2. The van der Waals surface area contributed by atoms with Crippen molar-refractivity contribution in [3.05, 3.63) is 147 Å². The van der Waals surface area contributed by atoms with E-state index in [2.05, 4.69) is 93.3 Å². The Balaban J connectivity index is 0.000000355. The van der Waals surface area contributed by atoms with Gasteiger partial charge in [-0.15, -0.1) is 5.10 Å². The van der Waals surface area contributed by atoms with Crippen LogP contribution in [0.2, 0.25) is 10.0 Å². The number of para-hydroxylation sites is 1. The van der Waals surface area contributed by atoms with Crippen molar-refractivity contribution < 1.29 is 4.39 Å². The van der Waals surface area contributed by atoms with Crippen molar-refractivity contribution in [1.29, 1.82) is 10.5 Å². The normalized spacial score (nSPS) is 14.8. The molecule has 0 radical (unpaired) electrons. The minimum atomic E-state index is -0.530. The van der Waals surface area contributed by atoms with E-state index in [0.29, 0.717) is 44.1 Å². The molecular formula is C46H42Cl2FN11. The van der Waals surface area contributed by atoms with Crippen molar-refractivity contribution in [3.8, 4) is 12.1 Å². The third kappa shape index (κ3) is 8.60. The smallest absolute Gasteiger partial charge is 0.141 e. The number of nitrogens with zero attached hydrogens (tertiary/aromatic N) is 8. The number of halogens is 3. The first-order chi connectivity index (χ1) is 29.0. The zero-order valence-corrected chi connectivity index (χ0v) is 34.9. The first kappa shape index (κ1) is 40.6. The lowest BCUT2D eigenvalue weighted by atomic mass is 9.95. The predicted octanol–water partition coefficient (Wildman–Crippen LogP) is 10.2. The molecule has 14 heteroatoms. The molecule has 0 bridgehead atoms. The molecule has 3 N–H and O–H groups in total. The van der Waals surface area contributed by atoms with Gasteiger partial charge in [0.1, 0.15) is 23.6 Å².